The molecule has 120 valence electrons. The number of nitrogens with two attached hydrogens (primary N) is 1. The Kier molecular flexibility index (Phi) is 5.90. The number of benzene rings is 1. The van der Waals surface area contributed by atoms with Gasteiger partial charge in [-0.1, -0.05) is 35.5 Å². The molecule has 0 spiro atoms. The Hall–Kier alpha value is -1.47. The molecule has 1 aromatic carbocycles. The summed E-state index contributed by atoms with van der Waals surface area (Å²) < 4.78 is 11.1. The van der Waals surface area contributed by atoms with Crippen molar-refractivity contribution in [3.63, 3.8) is 0 Å². The summed E-state index contributed by atoms with van der Waals surface area (Å²) in [6.45, 7) is 4.69. The number of hydrogen-bond acceptors (Lipinski definition) is 6. The number of ether oxygens (including phenoxy) is 1. The standard InChI is InChI=1S/C15H20N4O2.ClH/c1-11-8-19(10-14-17-15(7-16)21-18-14)9-13(20-11)12-5-3-2-4-6-12;/h2-6,11,13H,7-10,16H2,1H3;1H. The number of halogens is 1. The Labute approximate surface area is 136 Å². The first kappa shape index (κ1) is 16.9. The first-order valence-electron chi connectivity index (χ1n) is 7.19. The third-order valence-corrected chi connectivity index (χ3v) is 3.56. The second kappa shape index (κ2) is 7.69. The second-order valence-corrected chi connectivity index (χ2v) is 5.35. The van der Waals surface area contributed by atoms with E-state index in [2.05, 4.69) is 34.1 Å². The molecule has 22 heavy (non-hydrogen) atoms. The molecular formula is C15H21ClN4O2. The molecular weight excluding hydrogens is 304 g/mol. The Morgan fingerprint density at radius 1 is 1.27 bits per heavy atom. The van der Waals surface area contributed by atoms with Crippen LogP contribution < -0.4 is 5.73 Å². The van der Waals surface area contributed by atoms with Gasteiger partial charge in [0.15, 0.2) is 5.82 Å². The number of nitrogens with zero attached hydrogens (tertiary/aromatic N) is 3. The Bertz CT molecular complexity index is 578. The molecule has 2 aromatic rings. The molecule has 0 amide bonds. The number of morpholine rings is 1. The van der Waals surface area contributed by atoms with Crippen LogP contribution in [0, 0.1) is 0 Å². The van der Waals surface area contributed by atoms with Crippen molar-refractivity contribution < 1.29 is 9.26 Å². The van der Waals surface area contributed by atoms with Crippen molar-refractivity contribution in [1.29, 1.82) is 0 Å². The quantitative estimate of drug-likeness (QED) is 0.925. The van der Waals surface area contributed by atoms with E-state index >= 15 is 0 Å². The van der Waals surface area contributed by atoms with Crippen molar-refractivity contribution in [2.24, 2.45) is 5.73 Å². The molecule has 0 aliphatic carbocycles. The molecule has 2 heterocycles. The lowest BCUT2D eigenvalue weighted by molar-refractivity contribution is -0.0820. The van der Waals surface area contributed by atoms with Gasteiger partial charge in [0, 0.05) is 13.1 Å². The lowest BCUT2D eigenvalue weighted by atomic mass is 10.1. The van der Waals surface area contributed by atoms with Gasteiger partial charge in [0.25, 0.3) is 0 Å². The Morgan fingerprint density at radius 3 is 2.73 bits per heavy atom. The molecule has 3 rings (SSSR count). The Balaban J connectivity index is 0.00000176. The van der Waals surface area contributed by atoms with E-state index in [1.54, 1.807) is 0 Å². The zero-order valence-electron chi connectivity index (χ0n) is 12.5. The maximum absolute atomic E-state index is 6.04. The Morgan fingerprint density at radius 2 is 2.05 bits per heavy atom. The summed E-state index contributed by atoms with van der Waals surface area (Å²) in [5.41, 5.74) is 6.69. The first-order valence-corrected chi connectivity index (χ1v) is 7.19. The summed E-state index contributed by atoms with van der Waals surface area (Å²) in [6, 6.07) is 10.3. The number of hydrogen-bond donors (Lipinski definition) is 1. The van der Waals surface area contributed by atoms with Crippen LogP contribution in [0.3, 0.4) is 0 Å². The molecule has 1 aliphatic rings. The fraction of sp³-hybridized carbons (Fsp3) is 0.467. The molecule has 1 aliphatic heterocycles. The normalized spacial score (nSPS) is 22.3. The third kappa shape index (κ3) is 4.04. The van der Waals surface area contributed by atoms with E-state index in [0.717, 1.165) is 13.1 Å². The van der Waals surface area contributed by atoms with Gasteiger partial charge in [0.2, 0.25) is 5.89 Å². The van der Waals surface area contributed by atoms with Gasteiger partial charge in [-0.3, -0.25) is 4.90 Å². The molecule has 1 fully saturated rings. The topological polar surface area (TPSA) is 77.4 Å². The molecule has 6 nitrogen and oxygen atoms in total. The van der Waals surface area contributed by atoms with Crippen LogP contribution in [-0.4, -0.2) is 34.2 Å². The van der Waals surface area contributed by atoms with Crippen molar-refractivity contribution in [3.8, 4) is 0 Å². The molecule has 0 saturated carbocycles. The van der Waals surface area contributed by atoms with E-state index in [9.17, 15) is 0 Å². The fourth-order valence-corrected chi connectivity index (χ4v) is 2.66. The highest BCUT2D eigenvalue weighted by molar-refractivity contribution is 5.85. The van der Waals surface area contributed by atoms with Crippen molar-refractivity contribution in [2.75, 3.05) is 13.1 Å². The van der Waals surface area contributed by atoms with Gasteiger partial charge in [0.1, 0.15) is 0 Å². The molecule has 1 aromatic heterocycles. The molecule has 2 unspecified atom stereocenters. The van der Waals surface area contributed by atoms with E-state index in [0.29, 0.717) is 18.3 Å². The van der Waals surface area contributed by atoms with Crippen LogP contribution in [-0.2, 0) is 17.8 Å². The smallest absolute Gasteiger partial charge is 0.240 e. The average molecular weight is 325 g/mol. The van der Waals surface area contributed by atoms with Gasteiger partial charge in [-0.2, -0.15) is 4.98 Å². The van der Waals surface area contributed by atoms with Crippen molar-refractivity contribution >= 4 is 12.4 Å². The maximum atomic E-state index is 6.04. The van der Waals surface area contributed by atoms with E-state index in [-0.39, 0.29) is 31.2 Å². The molecule has 2 N–H and O–H groups in total. The summed E-state index contributed by atoms with van der Waals surface area (Å²) in [5.74, 6) is 1.15. The van der Waals surface area contributed by atoms with E-state index in [1.807, 2.05) is 18.2 Å². The highest BCUT2D eigenvalue weighted by Crippen LogP contribution is 2.25. The highest BCUT2D eigenvalue weighted by Gasteiger charge is 2.27. The zero-order chi connectivity index (χ0) is 14.7. The van der Waals surface area contributed by atoms with Crippen molar-refractivity contribution in [3.05, 3.63) is 47.6 Å². The minimum atomic E-state index is 0. The fourth-order valence-electron chi connectivity index (χ4n) is 2.66. The second-order valence-electron chi connectivity index (χ2n) is 5.35. The van der Waals surface area contributed by atoms with Crippen LogP contribution in [0.4, 0.5) is 0 Å². The molecule has 0 radical (unpaired) electrons. The summed E-state index contributed by atoms with van der Waals surface area (Å²) in [7, 11) is 0. The van der Waals surface area contributed by atoms with Crippen molar-refractivity contribution in [2.45, 2.75) is 32.2 Å². The van der Waals surface area contributed by atoms with Crippen LogP contribution in [0.2, 0.25) is 0 Å². The molecule has 2 atom stereocenters. The van der Waals surface area contributed by atoms with Gasteiger partial charge >= 0.3 is 0 Å². The minimum absolute atomic E-state index is 0. The molecule has 1 saturated heterocycles. The predicted molar refractivity (Wildman–Crippen MR) is 84.4 cm³/mol. The monoisotopic (exact) mass is 324 g/mol. The lowest BCUT2D eigenvalue weighted by Gasteiger charge is -2.36. The van der Waals surface area contributed by atoms with E-state index < -0.39 is 0 Å². The van der Waals surface area contributed by atoms with Gasteiger partial charge < -0.3 is 15.0 Å². The third-order valence-electron chi connectivity index (χ3n) is 3.56. The largest absolute Gasteiger partial charge is 0.368 e. The van der Waals surface area contributed by atoms with E-state index in [4.69, 9.17) is 15.0 Å². The molecule has 7 heteroatoms. The van der Waals surface area contributed by atoms with Crippen LogP contribution >= 0.6 is 12.4 Å². The average Bonchev–Trinajstić information content (AvgIpc) is 2.95. The minimum Gasteiger partial charge on any atom is -0.368 e. The first-order chi connectivity index (χ1) is 10.2. The van der Waals surface area contributed by atoms with Crippen molar-refractivity contribution in [1.82, 2.24) is 15.0 Å². The molecule has 0 bridgehead atoms. The zero-order valence-corrected chi connectivity index (χ0v) is 13.3. The highest BCUT2D eigenvalue weighted by atomic mass is 35.5. The van der Waals surface area contributed by atoms with Crippen LogP contribution in [0.1, 0.15) is 30.3 Å². The lowest BCUT2D eigenvalue weighted by Crippen LogP contribution is -2.42. The summed E-state index contributed by atoms with van der Waals surface area (Å²) in [6.07, 6.45) is 0.251. The van der Waals surface area contributed by atoms with Crippen LogP contribution in [0.15, 0.2) is 34.9 Å². The van der Waals surface area contributed by atoms with Crippen LogP contribution in [0.5, 0.6) is 0 Å². The number of rotatable bonds is 4. The maximum Gasteiger partial charge on any atom is 0.240 e. The van der Waals surface area contributed by atoms with Crippen LogP contribution in [0.25, 0.3) is 0 Å². The summed E-state index contributed by atoms with van der Waals surface area (Å²) in [5, 5.41) is 3.96. The number of aromatic nitrogens is 2. The van der Waals surface area contributed by atoms with E-state index in [1.165, 1.54) is 5.56 Å². The van der Waals surface area contributed by atoms with Gasteiger partial charge in [0.05, 0.1) is 25.3 Å². The van der Waals surface area contributed by atoms with Gasteiger partial charge in [-0.05, 0) is 12.5 Å². The predicted octanol–water partition coefficient (Wildman–Crippen LogP) is 1.91. The SMILES string of the molecule is CC1CN(Cc2noc(CN)n2)CC(c2ccccc2)O1.Cl. The van der Waals surface area contributed by atoms with Gasteiger partial charge in [-0.25, -0.2) is 0 Å². The summed E-state index contributed by atoms with van der Waals surface area (Å²) in [4.78, 5) is 6.55. The summed E-state index contributed by atoms with van der Waals surface area (Å²) >= 11 is 0. The van der Waals surface area contributed by atoms with Gasteiger partial charge in [-0.15, -0.1) is 12.4 Å².